The van der Waals surface area contributed by atoms with Crippen molar-refractivity contribution in [3.05, 3.63) is 120 Å². The lowest BCUT2D eigenvalue weighted by Crippen LogP contribution is -2.60. The van der Waals surface area contributed by atoms with Crippen molar-refractivity contribution in [1.29, 1.82) is 5.41 Å². The molecule has 1 aliphatic heterocycles. The Labute approximate surface area is 253 Å². The highest BCUT2D eigenvalue weighted by Crippen LogP contribution is 2.31. The van der Waals surface area contributed by atoms with Gasteiger partial charge in [0.25, 0.3) is 0 Å². The molecular weight excluding hydrogens is 536 g/mol. The minimum absolute atomic E-state index is 0.0664. The van der Waals surface area contributed by atoms with Crippen LogP contribution in [0.25, 0.3) is 10.8 Å². The van der Waals surface area contributed by atoms with Gasteiger partial charge in [0, 0.05) is 19.1 Å². The SMILES string of the molecule is CCC(NC(=N)N)[C@@H]1N[C@@H](CNC(=O)Cc2ccc3ccccc3c2)CCN(C(c2ccccc2)c2ccccc2)C1=O. The quantitative estimate of drug-likeness (QED) is 0.144. The average molecular weight is 577 g/mol. The molecule has 0 bridgehead atoms. The van der Waals surface area contributed by atoms with Crippen LogP contribution in [0.2, 0.25) is 0 Å². The first-order valence-electron chi connectivity index (χ1n) is 14.9. The summed E-state index contributed by atoms with van der Waals surface area (Å²) in [5, 5.41) is 19.7. The molecule has 3 atom stereocenters. The van der Waals surface area contributed by atoms with E-state index in [9.17, 15) is 9.59 Å². The number of fused-ring (bicyclic) bond motifs is 1. The second-order valence-electron chi connectivity index (χ2n) is 11.1. The molecule has 0 aliphatic carbocycles. The van der Waals surface area contributed by atoms with Crippen molar-refractivity contribution < 1.29 is 9.59 Å². The van der Waals surface area contributed by atoms with E-state index in [1.165, 1.54) is 0 Å². The molecule has 0 radical (unpaired) electrons. The van der Waals surface area contributed by atoms with E-state index < -0.39 is 12.1 Å². The van der Waals surface area contributed by atoms with Crippen LogP contribution in [0.4, 0.5) is 0 Å². The summed E-state index contributed by atoms with van der Waals surface area (Å²) in [6.45, 7) is 2.84. The summed E-state index contributed by atoms with van der Waals surface area (Å²) in [5.41, 5.74) is 8.74. The van der Waals surface area contributed by atoms with Gasteiger partial charge in [0.15, 0.2) is 5.96 Å². The molecule has 5 rings (SSSR count). The Morgan fingerprint density at radius 3 is 2.21 bits per heavy atom. The lowest BCUT2D eigenvalue weighted by atomic mass is 9.95. The van der Waals surface area contributed by atoms with Crippen molar-refractivity contribution in [2.24, 2.45) is 5.73 Å². The molecule has 1 saturated heterocycles. The third-order valence-corrected chi connectivity index (χ3v) is 8.13. The first-order valence-corrected chi connectivity index (χ1v) is 14.9. The highest BCUT2D eigenvalue weighted by molar-refractivity contribution is 5.86. The van der Waals surface area contributed by atoms with E-state index in [1.54, 1.807) is 0 Å². The number of amides is 2. The topological polar surface area (TPSA) is 123 Å². The van der Waals surface area contributed by atoms with Crippen molar-refractivity contribution in [3.63, 3.8) is 0 Å². The van der Waals surface area contributed by atoms with Crippen LogP contribution in [0.5, 0.6) is 0 Å². The van der Waals surface area contributed by atoms with E-state index in [0.717, 1.165) is 27.5 Å². The Balaban J connectivity index is 1.37. The third-order valence-electron chi connectivity index (χ3n) is 8.13. The number of carbonyl (C=O) groups is 2. The fraction of sp³-hybridized carbons (Fsp3) is 0.286. The van der Waals surface area contributed by atoms with Crippen molar-refractivity contribution in [2.75, 3.05) is 13.1 Å². The van der Waals surface area contributed by atoms with Crippen LogP contribution in [0.1, 0.15) is 42.5 Å². The Bertz CT molecular complexity index is 1500. The Morgan fingerprint density at radius 2 is 1.58 bits per heavy atom. The summed E-state index contributed by atoms with van der Waals surface area (Å²) in [5.74, 6) is -0.315. The molecule has 4 aromatic rings. The number of nitrogens with zero attached hydrogens (tertiary/aromatic N) is 1. The van der Waals surface area contributed by atoms with Crippen LogP contribution in [0.3, 0.4) is 0 Å². The minimum atomic E-state index is -0.645. The lowest BCUT2D eigenvalue weighted by Gasteiger charge is -2.35. The molecule has 0 saturated carbocycles. The Hall–Kier alpha value is -4.69. The molecule has 222 valence electrons. The minimum Gasteiger partial charge on any atom is -0.370 e. The van der Waals surface area contributed by atoms with E-state index in [-0.39, 0.29) is 36.3 Å². The molecule has 6 N–H and O–H groups in total. The summed E-state index contributed by atoms with van der Waals surface area (Å²) in [4.78, 5) is 29.3. The highest BCUT2D eigenvalue weighted by atomic mass is 16.2. The average Bonchev–Trinajstić information content (AvgIpc) is 3.18. The van der Waals surface area contributed by atoms with E-state index in [1.807, 2.05) is 103 Å². The summed E-state index contributed by atoms with van der Waals surface area (Å²) >= 11 is 0. The zero-order valence-electron chi connectivity index (χ0n) is 24.5. The van der Waals surface area contributed by atoms with Gasteiger partial charge in [-0.3, -0.25) is 20.3 Å². The van der Waals surface area contributed by atoms with Crippen molar-refractivity contribution >= 4 is 28.5 Å². The molecule has 1 fully saturated rings. The molecule has 8 heteroatoms. The van der Waals surface area contributed by atoms with Gasteiger partial charge in [0.1, 0.15) is 6.04 Å². The van der Waals surface area contributed by atoms with Crippen LogP contribution in [-0.2, 0) is 16.0 Å². The van der Waals surface area contributed by atoms with E-state index in [4.69, 9.17) is 11.1 Å². The van der Waals surface area contributed by atoms with Crippen LogP contribution in [-0.4, -0.2) is 53.9 Å². The number of rotatable bonds is 10. The van der Waals surface area contributed by atoms with Crippen LogP contribution in [0.15, 0.2) is 103 Å². The molecule has 8 nitrogen and oxygen atoms in total. The number of nitrogens with two attached hydrogens (primary N) is 1. The van der Waals surface area contributed by atoms with Crippen LogP contribution in [0, 0.1) is 5.41 Å². The molecule has 0 spiro atoms. The normalized spacial score (nSPS) is 17.8. The summed E-state index contributed by atoms with van der Waals surface area (Å²) < 4.78 is 0. The van der Waals surface area contributed by atoms with E-state index >= 15 is 0 Å². The van der Waals surface area contributed by atoms with Crippen LogP contribution < -0.4 is 21.7 Å². The van der Waals surface area contributed by atoms with Gasteiger partial charge in [0.2, 0.25) is 11.8 Å². The third kappa shape index (κ3) is 7.40. The Morgan fingerprint density at radius 1 is 0.953 bits per heavy atom. The first kappa shape index (κ1) is 29.8. The molecule has 4 aromatic carbocycles. The zero-order valence-corrected chi connectivity index (χ0v) is 24.5. The number of carbonyl (C=O) groups excluding carboxylic acids is 2. The molecular formula is C35H40N6O2. The number of guanidine groups is 1. The van der Waals surface area contributed by atoms with Gasteiger partial charge in [-0.1, -0.05) is 110 Å². The van der Waals surface area contributed by atoms with Gasteiger partial charge in [-0.15, -0.1) is 0 Å². The fourth-order valence-electron chi connectivity index (χ4n) is 5.98. The number of hydrogen-bond donors (Lipinski definition) is 5. The number of nitrogens with one attached hydrogen (secondary N) is 4. The fourth-order valence-corrected chi connectivity index (χ4v) is 5.98. The summed E-state index contributed by atoms with van der Waals surface area (Å²) in [6, 6.07) is 32.8. The van der Waals surface area contributed by atoms with Gasteiger partial charge in [-0.25, -0.2) is 0 Å². The largest absolute Gasteiger partial charge is 0.370 e. The monoisotopic (exact) mass is 576 g/mol. The Kier molecular flexibility index (Phi) is 9.69. The maximum atomic E-state index is 14.4. The second-order valence-corrected chi connectivity index (χ2v) is 11.1. The standard InChI is InChI=1S/C35H40N6O2/c1-2-30(40-35(36)37)32-34(43)41(33(26-12-5-3-6-13-26)27-14-7-4-8-15-27)20-19-29(39-32)23-38-31(42)22-24-17-18-25-11-9-10-16-28(25)21-24/h3-18,21,29-30,32-33,39H,2,19-20,22-23H2,1H3,(H,38,42)(H4,36,37,40)/t29-,30?,32+/m1/s1. The maximum absolute atomic E-state index is 14.4. The van der Waals surface area contributed by atoms with Gasteiger partial charge >= 0.3 is 0 Å². The molecule has 2 amide bonds. The number of hydrogen-bond acceptors (Lipinski definition) is 4. The molecule has 1 heterocycles. The zero-order chi connectivity index (χ0) is 30.2. The van der Waals surface area contributed by atoms with Crippen molar-refractivity contribution in [1.82, 2.24) is 20.9 Å². The van der Waals surface area contributed by atoms with E-state index in [2.05, 4.69) is 28.1 Å². The maximum Gasteiger partial charge on any atom is 0.242 e. The molecule has 1 aliphatic rings. The summed E-state index contributed by atoms with van der Waals surface area (Å²) in [7, 11) is 0. The molecule has 43 heavy (non-hydrogen) atoms. The predicted molar refractivity (Wildman–Crippen MR) is 172 cm³/mol. The first-order chi connectivity index (χ1) is 20.9. The van der Waals surface area contributed by atoms with Crippen molar-refractivity contribution in [3.8, 4) is 0 Å². The lowest BCUT2D eigenvalue weighted by molar-refractivity contribution is -0.135. The van der Waals surface area contributed by atoms with Crippen molar-refractivity contribution in [2.45, 2.75) is 50.4 Å². The van der Waals surface area contributed by atoms with Gasteiger partial charge in [-0.2, -0.15) is 0 Å². The summed E-state index contributed by atoms with van der Waals surface area (Å²) in [6.07, 6.45) is 1.50. The highest BCUT2D eigenvalue weighted by Gasteiger charge is 2.39. The van der Waals surface area contributed by atoms with Gasteiger partial charge in [0.05, 0.1) is 18.5 Å². The van der Waals surface area contributed by atoms with Gasteiger partial charge < -0.3 is 21.3 Å². The predicted octanol–water partition coefficient (Wildman–Crippen LogP) is 4.11. The van der Waals surface area contributed by atoms with Crippen LogP contribution >= 0.6 is 0 Å². The smallest absolute Gasteiger partial charge is 0.242 e. The van der Waals surface area contributed by atoms with E-state index in [0.29, 0.717) is 25.9 Å². The van der Waals surface area contributed by atoms with Gasteiger partial charge in [-0.05, 0) is 40.3 Å². The molecule has 0 aromatic heterocycles. The second kappa shape index (κ2) is 14.0. The molecule has 1 unspecified atom stereocenters. The number of benzene rings is 4.